The summed E-state index contributed by atoms with van der Waals surface area (Å²) >= 11 is 0. The van der Waals surface area contributed by atoms with Gasteiger partial charge >= 0.3 is 0 Å². The summed E-state index contributed by atoms with van der Waals surface area (Å²) in [5.41, 5.74) is -0.377. The molecule has 0 rings (SSSR count). The minimum Gasteiger partial charge on any atom is -0.389 e. The van der Waals surface area contributed by atoms with Gasteiger partial charge in [0.2, 0.25) is 0 Å². The van der Waals surface area contributed by atoms with Crippen LogP contribution in [0.3, 0.4) is 0 Å². The minimum atomic E-state index is -0.536. The van der Waals surface area contributed by atoms with E-state index in [1.807, 2.05) is 0 Å². The SMILES string of the molecule is C.CCC(O)(CC(C)(C)C)C(C)(C)C. The Bertz CT molecular complexity index is 159. The number of hydrogen-bond acceptors (Lipinski definition) is 1. The van der Waals surface area contributed by atoms with E-state index in [0.29, 0.717) is 0 Å². The first-order chi connectivity index (χ1) is 5.52. The van der Waals surface area contributed by atoms with Crippen LogP contribution in [0.2, 0.25) is 0 Å². The Balaban J connectivity index is 0. The van der Waals surface area contributed by atoms with Crippen LogP contribution in [-0.2, 0) is 0 Å². The van der Waals surface area contributed by atoms with Gasteiger partial charge in [-0.25, -0.2) is 0 Å². The normalized spacial score (nSPS) is 17.1. The van der Waals surface area contributed by atoms with E-state index in [1.165, 1.54) is 0 Å². The highest BCUT2D eigenvalue weighted by Gasteiger charge is 2.40. The van der Waals surface area contributed by atoms with Crippen LogP contribution in [0.5, 0.6) is 0 Å². The molecule has 0 aliphatic rings. The molecule has 0 amide bonds. The molecule has 0 bridgehead atoms. The second kappa shape index (κ2) is 4.65. The Morgan fingerprint density at radius 1 is 0.929 bits per heavy atom. The summed E-state index contributed by atoms with van der Waals surface area (Å²) in [5, 5.41) is 10.5. The van der Waals surface area contributed by atoms with Crippen molar-refractivity contribution in [3.05, 3.63) is 0 Å². The van der Waals surface area contributed by atoms with E-state index in [2.05, 4.69) is 48.5 Å². The molecule has 88 valence electrons. The monoisotopic (exact) mass is 202 g/mol. The standard InChI is InChI=1S/C12H26O.CH4/c1-8-12(13,11(5,6)7)9-10(2,3)4;/h13H,8-9H2,1-7H3;1H4. The molecule has 0 aromatic rings. The molecule has 0 aliphatic heterocycles. The first-order valence-electron chi connectivity index (χ1n) is 5.24. The van der Waals surface area contributed by atoms with Crippen LogP contribution in [0.4, 0.5) is 0 Å². The third-order valence-electron chi connectivity index (χ3n) is 2.80. The minimum absolute atomic E-state index is 0. The third kappa shape index (κ3) is 4.45. The third-order valence-corrected chi connectivity index (χ3v) is 2.80. The van der Waals surface area contributed by atoms with Crippen LogP contribution in [-0.4, -0.2) is 10.7 Å². The van der Waals surface area contributed by atoms with Gasteiger partial charge in [0.15, 0.2) is 0 Å². The van der Waals surface area contributed by atoms with Crippen molar-refractivity contribution in [2.75, 3.05) is 0 Å². The van der Waals surface area contributed by atoms with Gasteiger partial charge in [-0.05, 0) is 23.7 Å². The van der Waals surface area contributed by atoms with Gasteiger partial charge < -0.3 is 5.11 Å². The van der Waals surface area contributed by atoms with Gasteiger partial charge in [-0.15, -0.1) is 0 Å². The predicted octanol–water partition coefficient (Wildman–Crippen LogP) is 4.25. The fourth-order valence-corrected chi connectivity index (χ4v) is 1.80. The van der Waals surface area contributed by atoms with Crippen LogP contribution >= 0.6 is 0 Å². The van der Waals surface area contributed by atoms with E-state index in [9.17, 15) is 5.11 Å². The molecule has 0 aromatic heterocycles. The zero-order chi connectivity index (χ0) is 10.9. The molecule has 0 spiro atoms. The Morgan fingerprint density at radius 3 is 1.36 bits per heavy atom. The van der Waals surface area contributed by atoms with Crippen molar-refractivity contribution in [3.8, 4) is 0 Å². The molecule has 0 aromatic carbocycles. The van der Waals surface area contributed by atoms with Gasteiger partial charge in [0.25, 0.3) is 0 Å². The molecular weight excluding hydrogens is 172 g/mol. The Morgan fingerprint density at radius 2 is 1.29 bits per heavy atom. The van der Waals surface area contributed by atoms with Gasteiger partial charge in [-0.2, -0.15) is 0 Å². The fourth-order valence-electron chi connectivity index (χ4n) is 1.80. The lowest BCUT2D eigenvalue weighted by Gasteiger charge is -2.43. The molecule has 0 radical (unpaired) electrons. The van der Waals surface area contributed by atoms with E-state index in [-0.39, 0.29) is 18.3 Å². The summed E-state index contributed by atoms with van der Waals surface area (Å²) in [5.74, 6) is 0. The van der Waals surface area contributed by atoms with Gasteiger partial charge in [-0.1, -0.05) is 55.9 Å². The molecule has 1 nitrogen and oxygen atoms in total. The lowest BCUT2D eigenvalue weighted by molar-refractivity contribution is -0.0876. The largest absolute Gasteiger partial charge is 0.389 e. The first kappa shape index (κ1) is 16.4. The maximum atomic E-state index is 10.5. The number of aliphatic hydroxyl groups is 1. The molecule has 0 aliphatic carbocycles. The second-order valence-electron chi connectivity index (χ2n) is 6.37. The van der Waals surface area contributed by atoms with Crippen molar-refractivity contribution < 1.29 is 5.11 Å². The van der Waals surface area contributed by atoms with Crippen molar-refractivity contribution in [1.29, 1.82) is 0 Å². The lowest BCUT2D eigenvalue weighted by atomic mass is 9.67. The summed E-state index contributed by atoms with van der Waals surface area (Å²) in [6.07, 6.45) is 1.69. The molecule has 0 heterocycles. The van der Waals surface area contributed by atoms with E-state index < -0.39 is 5.60 Å². The van der Waals surface area contributed by atoms with Gasteiger partial charge in [0.1, 0.15) is 0 Å². The summed E-state index contributed by atoms with van der Waals surface area (Å²) in [6, 6.07) is 0. The van der Waals surface area contributed by atoms with E-state index >= 15 is 0 Å². The fraction of sp³-hybridized carbons (Fsp3) is 1.00. The molecule has 1 unspecified atom stereocenters. The molecule has 0 saturated heterocycles. The molecule has 0 saturated carbocycles. The Kier molecular flexibility index (Phi) is 5.45. The molecule has 1 atom stereocenters. The maximum Gasteiger partial charge on any atom is 0.0698 e. The molecule has 0 fully saturated rings. The zero-order valence-electron chi connectivity index (χ0n) is 10.4. The predicted molar refractivity (Wildman–Crippen MR) is 65.5 cm³/mol. The van der Waals surface area contributed by atoms with Crippen molar-refractivity contribution in [2.24, 2.45) is 10.8 Å². The molecule has 1 N–H and O–H groups in total. The average Bonchev–Trinajstić information content (AvgIpc) is 1.81. The highest BCUT2D eigenvalue weighted by Crippen LogP contribution is 2.41. The summed E-state index contributed by atoms with van der Waals surface area (Å²) in [7, 11) is 0. The highest BCUT2D eigenvalue weighted by atomic mass is 16.3. The molecule has 14 heavy (non-hydrogen) atoms. The van der Waals surface area contributed by atoms with Crippen LogP contribution < -0.4 is 0 Å². The Labute approximate surface area is 90.9 Å². The quantitative estimate of drug-likeness (QED) is 0.710. The second-order valence-corrected chi connectivity index (χ2v) is 6.37. The maximum absolute atomic E-state index is 10.5. The highest BCUT2D eigenvalue weighted by molar-refractivity contribution is 4.92. The molecular formula is C13H30O. The van der Waals surface area contributed by atoms with Gasteiger partial charge in [0, 0.05) is 0 Å². The summed E-state index contributed by atoms with van der Waals surface area (Å²) in [4.78, 5) is 0. The average molecular weight is 202 g/mol. The van der Waals surface area contributed by atoms with E-state index in [0.717, 1.165) is 12.8 Å². The first-order valence-corrected chi connectivity index (χ1v) is 5.24. The van der Waals surface area contributed by atoms with Crippen molar-refractivity contribution in [2.45, 2.75) is 74.3 Å². The Hall–Kier alpha value is -0.0400. The summed E-state index contributed by atoms with van der Waals surface area (Å²) < 4.78 is 0. The van der Waals surface area contributed by atoms with Crippen molar-refractivity contribution >= 4 is 0 Å². The molecule has 1 heteroatoms. The van der Waals surface area contributed by atoms with Crippen LogP contribution in [0, 0.1) is 10.8 Å². The number of rotatable bonds is 2. The van der Waals surface area contributed by atoms with Crippen LogP contribution in [0.15, 0.2) is 0 Å². The summed E-state index contributed by atoms with van der Waals surface area (Å²) in [6.45, 7) is 14.9. The smallest absolute Gasteiger partial charge is 0.0698 e. The zero-order valence-corrected chi connectivity index (χ0v) is 10.4. The van der Waals surface area contributed by atoms with E-state index in [1.54, 1.807) is 0 Å². The van der Waals surface area contributed by atoms with Gasteiger partial charge in [0.05, 0.1) is 5.60 Å². The van der Waals surface area contributed by atoms with Crippen LogP contribution in [0.25, 0.3) is 0 Å². The lowest BCUT2D eigenvalue weighted by Crippen LogP contribution is -2.45. The number of hydrogen-bond donors (Lipinski definition) is 1. The van der Waals surface area contributed by atoms with Crippen molar-refractivity contribution in [1.82, 2.24) is 0 Å². The topological polar surface area (TPSA) is 20.2 Å². The van der Waals surface area contributed by atoms with Crippen molar-refractivity contribution in [3.63, 3.8) is 0 Å². The van der Waals surface area contributed by atoms with Gasteiger partial charge in [-0.3, -0.25) is 0 Å². The van der Waals surface area contributed by atoms with Crippen LogP contribution in [0.1, 0.15) is 68.7 Å². The van der Waals surface area contributed by atoms with E-state index in [4.69, 9.17) is 0 Å².